The van der Waals surface area contributed by atoms with Crippen molar-refractivity contribution < 1.29 is 4.74 Å². The average molecular weight is 277 g/mol. The summed E-state index contributed by atoms with van der Waals surface area (Å²) in [6, 6.07) is 0. The summed E-state index contributed by atoms with van der Waals surface area (Å²) in [4.78, 5) is 0. The minimum atomic E-state index is 0.220. The number of aromatic nitrogens is 2. The lowest BCUT2D eigenvalue weighted by Gasteiger charge is -2.33. The maximum atomic E-state index is 6.44. The molecular weight excluding hydrogens is 250 g/mol. The van der Waals surface area contributed by atoms with Crippen LogP contribution in [0.4, 0.5) is 0 Å². The lowest BCUT2D eigenvalue weighted by atomic mass is 9.83. The van der Waals surface area contributed by atoms with Gasteiger partial charge in [0.05, 0.1) is 24.4 Å². The van der Waals surface area contributed by atoms with Crippen molar-refractivity contribution in [1.82, 2.24) is 15.1 Å². The van der Waals surface area contributed by atoms with Crippen LogP contribution in [0.3, 0.4) is 0 Å². The summed E-state index contributed by atoms with van der Waals surface area (Å²) in [5.41, 5.74) is 2.78. The van der Waals surface area contributed by atoms with Gasteiger partial charge in [-0.2, -0.15) is 5.10 Å². The Hall–Kier alpha value is -0.870. The van der Waals surface area contributed by atoms with Gasteiger partial charge in [-0.15, -0.1) is 0 Å². The third kappa shape index (κ3) is 2.77. The van der Waals surface area contributed by atoms with Crippen molar-refractivity contribution in [2.24, 2.45) is 0 Å². The maximum absolute atomic E-state index is 6.44. The lowest BCUT2D eigenvalue weighted by molar-refractivity contribution is -0.0690. The summed E-state index contributed by atoms with van der Waals surface area (Å²) < 4.78 is 8.57. The Morgan fingerprint density at radius 3 is 2.90 bits per heavy atom. The average Bonchev–Trinajstić information content (AvgIpc) is 2.99. The Morgan fingerprint density at radius 1 is 1.35 bits per heavy atom. The van der Waals surface area contributed by atoms with E-state index < -0.39 is 0 Å². The van der Waals surface area contributed by atoms with E-state index in [4.69, 9.17) is 4.74 Å². The predicted molar refractivity (Wildman–Crippen MR) is 79.7 cm³/mol. The molecule has 0 amide bonds. The molecule has 112 valence electrons. The highest BCUT2D eigenvalue weighted by Crippen LogP contribution is 2.42. The molecule has 1 aromatic heterocycles. The fourth-order valence-corrected chi connectivity index (χ4v) is 3.81. The molecule has 0 radical (unpaired) electrons. The van der Waals surface area contributed by atoms with Crippen LogP contribution in [-0.2, 0) is 17.8 Å². The summed E-state index contributed by atoms with van der Waals surface area (Å²) in [6.45, 7) is 3.96. The first kappa shape index (κ1) is 14.1. The van der Waals surface area contributed by atoms with E-state index in [1.165, 1.54) is 56.2 Å². The number of hydrogen-bond donors (Lipinski definition) is 1. The summed E-state index contributed by atoms with van der Waals surface area (Å²) in [7, 11) is 1.98. The van der Waals surface area contributed by atoms with Crippen molar-refractivity contribution in [2.45, 2.75) is 76.7 Å². The van der Waals surface area contributed by atoms with Crippen molar-refractivity contribution in [3.8, 4) is 0 Å². The van der Waals surface area contributed by atoms with E-state index in [1.54, 1.807) is 0 Å². The zero-order valence-corrected chi connectivity index (χ0v) is 12.8. The lowest BCUT2D eigenvalue weighted by Crippen LogP contribution is -2.32. The molecule has 4 nitrogen and oxygen atoms in total. The van der Waals surface area contributed by atoms with Gasteiger partial charge < -0.3 is 10.1 Å². The van der Waals surface area contributed by atoms with E-state index in [-0.39, 0.29) is 5.60 Å². The molecule has 2 fully saturated rings. The number of ether oxygens (including phenoxy) is 1. The first-order chi connectivity index (χ1) is 9.72. The molecule has 0 aromatic carbocycles. The third-order valence-electron chi connectivity index (χ3n) is 5.05. The van der Waals surface area contributed by atoms with Crippen molar-refractivity contribution >= 4 is 0 Å². The van der Waals surface area contributed by atoms with Gasteiger partial charge in [-0.05, 0) is 39.7 Å². The van der Waals surface area contributed by atoms with Crippen molar-refractivity contribution in [2.75, 3.05) is 7.05 Å². The van der Waals surface area contributed by atoms with Gasteiger partial charge >= 0.3 is 0 Å². The highest BCUT2D eigenvalue weighted by Gasteiger charge is 2.40. The Kier molecular flexibility index (Phi) is 4.13. The molecule has 1 atom stereocenters. The largest absolute Gasteiger partial charge is 0.370 e. The van der Waals surface area contributed by atoms with Crippen LogP contribution < -0.4 is 5.32 Å². The highest BCUT2D eigenvalue weighted by atomic mass is 16.5. The summed E-state index contributed by atoms with van der Waals surface area (Å²) in [5, 5.41) is 7.72. The quantitative estimate of drug-likeness (QED) is 0.920. The second kappa shape index (κ2) is 5.86. The van der Waals surface area contributed by atoms with E-state index in [0.717, 1.165) is 13.1 Å². The van der Waals surface area contributed by atoms with Gasteiger partial charge in [0.25, 0.3) is 0 Å². The van der Waals surface area contributed by atoms with Gasteiger partial charge in [0, 0.05) is 17.8 Å². The first-order valence-corrected chi connectivity index (χ1v) is 8.06. The molecule has 20 heavy (non-hydrogen) atoms. The fraction of sp³-hybridized carbons (Fsp3) is 0.812. The van der Waals surface area contributed by atoms with Crippen molar-refractivity contribution in [3.05, 3.63) is 17.5 Å². The van der Waals surface area contributed by atoms with Crippen LogP contribution in [0.15, 0.2) is 6.20 Å². The second-order valence-electron chi connectivity index (χ2n) is 6.49. The molecule has 1 aliphatic carbocycles. The molecule has 4 heteroatoms. The summed E-state index contributed by atoms with van der Waals surface area (Å²) in [5.74, 6) is 0. The number of nitrogens with one attached hydrogen (secondary N) is 1. The van der Waals surface area contributed by atoms with E-state index in [9.17, 15) is 0 Å². The molecule has 2 aliphatic rings. The van der Waals surface area contributed by atoms with Gasteiger partial charge in [-0.3, -0.25) is 4.68 Å². The van der Waals surface area contributed by atoms with Crippen LogP contribution in [0.25, 0.3) is 0 Å². The van der Waals surface area contributed by atoms with Crippen LogP contribution in [0.1, 0.15) is 56.2 Å². The topological polar surface area (TPSA) is 39.1 Å². The van der Waals surface area contributed by atoms with Gasteiger partial charge in [0.2, 0.25) is 0 Å². The third-order valence-corrected chi connectivity index (χ3v) is 5.05. The van der Waals surface area contributed by atoms with Crippen LogP contribution in [0, 0.1) is 6.92 Å². The number of nitrogens with zero attached hydrogens (tertiary/aromatic N) is 2. The molecule has 1 aromatic rings. The van der Waals surface area contributed by atoms with Crippen LogP contribution in [-0.4, -0.2) is 28.5 Å². The van der Waals surface area contributed by atoms with E-state index in [0.29, 0.717) is 6.10 Å². The minimum absolute atomic E-state index is 0.220. The normalized spacial score (nSPS) is 25.4. The second-order valence-corrected chi connectivity index (χ2v) is 6.49. The van der Waals surface area contributed by atoms with Crippen LogP contribution >= 0.6 is 0 Å². The molecule has 2 heterocycles. The zero-order valence-electron chi connectivity index (χ0n) is 12.8. The number of hydrogen-bond acceptors (Lipinski definition) is 3. The van der Waals surface area contributed by atoms with Gasteiger partial charge in [-0.25, -0.2) is 0 Å². The van der Waals surface area contributed by atoms with E-state index in [2.05, 4.69) is 22.0 Å². The van der Waals surface area contributed by atoms with Crippen LogP contribution in [0.5, 0.6) is 0 Å². The first-order valence-electron chi connectivity index (χ1n) is 8.06. The van der Waals surface area contributed by atoms with Gasteiger partial charge in [-0.1, -0.05) is 19.3 Å². The molecule has 1 N–H and O–H groups in total. The molecule has 1 saturated carbocycles. The SMILES string of the molecule is CNCc1cnn(CC2CCC3(CCCCC3)O2)c1C. The molecule has 3 rings (SSSR count). The van der Waals surface area contributed by atoms with Gasteiger partial charge in [0.1, 0.15) is 0 Å². The van der Waals surface area contributed by atoms with Crippen LogP contribution in [0.2, 0.25) is 0 Å². The van der Waals surface area contributed by atoms with Crippen molar-refractivity contribution in [1.29, 1.82) is 0 Å². The predicted octanol–water partition coefficient (Wildman–Crippen LogP) is 2.79. The molecule has 1 unspecified atom stereocenters. The standard InChI is InChI=1S/C16H27N3O/c1-13-14(10-17-2)11-18-19(13)12-15-6-9-16(20-15)7-4-3-5-8-16/h11,15,17H,3-10,12H2,1-2H3. The zero-order chi connectivity index (χ0) is 14.0. The molecule has 0 bridgehead atoms. The minimum Gasteiger partial charge on any atom is -0.370 e. The molecule has 1 spiro atoms. The van der Waals surface area contributed by atoms with Crippen molar-refractivity contribution in [3.63, 3.8) is 0 Å². The smallest absolute Gasteiger partial charge is 0.0779 e. The monoisotopic (exact) mass is 277 g/mol. The Bertz CT molecular complexity index is 449. The summed E-state index contributed by atoms with van der Waals surface area (Å²) in [6.07, 6.45) is 11.4. The fourth-order valence-electron chi connectivity index (χ4n) is 3.81. The summed E-state index contributed by atoms with van der Waals surface area (Å²) >= 11 is 0. The highest BCUT2D eigenvalue weighted by molar-refractivity contribution is 5.15. The molecule has 1 aliphatic heterocycles. The Labute approximate surface area is 121 Å². The maximum Gasteiger partial charge on any atom is 0.0779 e. The Balaban J connectivity index is 1.61. The molecular formula is C16H27N3O. The molecule has 1 saturated heterocycles. The number of rotatable bonds is 4. The Morgan fingerprint density at radius 2 is 2.15 bits per heavy atom. The van der Waals surface area contributed by atoms with Gasteiger partial charge in [0.15, 0.2) is 0 Å². The van der Waals surface area contributed by atoms with E-state index >= 15 is 0 Å². The van der Waals surface area contributed by atoms with E-state index in [1.807, 2.05) is 13.2 Å².